The summed E-state index contributed by atoms with van der Waals surface area (Å²) in [5.74, 6) is 1.60. The van der Waals surface area contributed by atoms with Crippen LogP contribution < -0.4 is 4.74 Å². The maximum Gasteiger partial charge on any atom is 0.182 e. The number of allylic oxidation sites excluding steroid dienone is 2. The van der Waals surface area contributed by atoms with Crippen molar-refractivity contribution >= 4 is 15.6 Å². The Balaban J connectivity index is 1.49. The highest BCUT2D eigenvalue weighted by Gasteiger charge is 2.78. The topological polar surface area (TPSA) is 60.4 Å². The van der Waals surface area contributed by atoms with Gasteiger partial charge in [-0.2, -0.15) is 0 Å². The number of ketones is 1. The Morgan fingerprint density at radius 3 is 2.53 bits per heavy atom. The van der Waals surface area contributed by atoms with Crippen LogP contribution in [-0.4, -0.2) is 26.6 Å². The van der Waals surface area contributed by atoms with E-state index in [-0.39, 0.29) is 16.6 Å². The summed E-state index contributed by atoms with van der Waals surface area (Å²) >= 11 is 0. The van der Waals surface area contributed by atoms with E-state index in [9.17, 15) is 13.2 Å². The van der Waals surface area contributed by atoms with Crippen molar-refractivity contribution in [3.05, 3.63) is 71.8 Å². The number of aryl methyl sites for hydroxylation is 1. The first kappa shape index (κ1) is 22.1. The molecule has 2 aromatic carbocycles. The number of Topliss-reactive ketones (excluding diaryl/α,β-unsaturated/α-hetero) is 1. The van der Waals surface area contributed by atoms with Crippen molar-refractivity contribution in [3.8, 4) is 5.75 Å². The van der Waals surface area contributed by atoms with Gasteiger partial charge >= 0.3 is 0 Å². The molecule has 2 fully saturated rings. The van der Waals surface area contributed by atoms with E-state index in [1.807, 2.05) is 18.2 Å². The first-order chi connectivity index (χ1) is 16.2. The summed E-state index contributed by atoms with van der Waals surface area (Å²) in [6, 6.07) is 15.2. The van der Waals surface area contributed by atoms with Crippen molar-refractivity contribution in [2.24, 2.45) is 22.2 Å². The van der Waals surface area contributed by atoms with Crippen LogP contribution in [0, 0.1) is 22.2 Å². The lowest BCUT2D eigenvalue weighted by Gasteiger charge is -2.57. The van der Waals surface area contributed by atoms with Gasteiger partial charge in [-0.05, 0) is 97.1 Å². The molecule has 0 saturated heterocycles. The number of rotatable bonds is 4. The Kier molecular flexibility index (Phi) is 4.59. The van der Waals surface area contributed by atoms with Gasteiger partial charge in [0.05, 0.1) is 22.7 Å². The van der Waals surface area contributed by atoms with Crippen molar-refractivity contribution < 1.29 is 17.9 Å². The van der Waals surface area contributed by atoms with Crippen LogP contribution in [0.5, 0.6) is 5.75 Å². The smallest absolute Gasteiger partial charge is 0.182 e. The molecule has 0 aromatic heterocycles. The standard InChI is InChI=1S/C29H32O4S/c1-19(30)29-16-15-28(18-26(29)34(31,32)22-7-5-4-6-8-22)25-12-9-20-17-21(33-3)10-11-23(20)24(25)13-14-27(28,29)2/h4-8,10-11,15-17,24-26H,9,12-14,18H2,1-3H3/t24-,25+,26+,27+,28+,29-/m1/s1. The largest absolute Gasteiger partial charge is 0.497 e. The summed E-state index contributed by atoms with van der Waals surface area (Å²) in [5, 5.41) is -0.717. The maximum absolute atomic E-state index is 14.0. The molecule has 0 spiro atoms. The predicted octanol–water partition coefficient (Wildman–Crippen LogP) is 5.52. The summed E-state index contributed by atoms with van der Waals surface area (Å²) in [6.45, 7) is 3.83. The number of sulfone groups is 1. The van der Waals surface area contributed by atoms with Gasteiger partial charge in [-0.1, -0.05) is 43.3 Å². The Hall–Kier alpha value is -2.40. The molecule has 2 bridgehead atoms. The number of carbonyl (C=O) groups excluding carboxylic acids is 1. The molecule has 4 aliphatic rings. The summed E-state index contributed by atoms with van der Waals surface area (Å²) in [7, 11) is -1.97. The minimum Gasteiger partial charge on any atom is -0.497 e. The van der Waals surface area contributed by atoms with Gasteiger partial charge in [0.25, 0.3) is 0 Å². The molecule has 178 valence electrons. The van der Waals surface area contributed by atoms with E-state index < -0.39 is 20.5 Å². The number of ether oxygens (including phenoxy) is 1. The van der Waals surface area contributed by atoms with E-state index in [1.54, 1.807) is 38.3 Å². The predicted molar refractivity (Wildman–Crippen MR) is 132 cm³/mol. The van der Waals surface area contributed by atoms with Crippen LogP contribution in [0.4, 0.5) is 0 Å². The quantitative estimate of drug-likeness (QED) is 0.545. The SMILES string of the molecule is COc1ccc2c(c1)CC[C@H]1[C@@H]2CC[C@@]2(C)[C@]13C=C[C@@]2(C(C)=O)[C@@H](S(=O)(=O)c1ccccc1)C3. The normalized spacial score (nSPS) is 37.6. The molecule has 6 atom stereocenters. The molecule has 34 heavy (non-hydrogen) atoms. The fourth-order valence-electron chi connectivity index (χ4n) is 8.68. The van der Waals surface area contributed by atoms with Crippen LogP contribution in [-0.2, 0) is 21.1 Å². The zero-order chi connectivity index (χ0) is 23.9. The van der Waals surface area contributed by atoms with Crippen LogP contribution in [0.2, 0.25) is 0 Å². The monoisotopic (exact) mass is 476 g/mol. The Labute approximate surface area is 202 Å². The molecule has 5 heteroatoms. The van der Waals surface area contributed by atoms with Gasteiger partial charge in [-0.25, -0.2) is 8.42 Å². The first-order valence-electron chi connectivity index (χ1n) is 12.4. The van der Waals surface area contributed by atoms with Crippen molar-refractivity contribution in [1.82, 2.24) is 0 Å². The Bertz CT molecular complexity index is 1310. The molecule has 0 radical (unpaired) electrons. The number of carbonyl (C=O) groups is 1. The molecule has 2 saturated carbocycles. The molecule has 2 aromatic rings. The molecule has 6 rings (SSSR count). The van der Waals surface area contributed by atoms with Gasteiger partial charge in [-0.15, -0.1) is 0 Å². The Morgan fingerprint density at radius 1 is 1.06 bits per heavy atom. The molecule has 4 nitrogen and oxygen atoms in total. The fourth-order valence-corrected chi connectivity index (χ4v) is 11.0. The van der Waals surface area contributed by atoms with Crippen LogP contribution in [0.15, 0.2) is 65.6 Å². The lowest BCUT2D eigenvalue weighted by atomic mass is 9.46. The van der Waals surface area contributed by atoms with Crippen LogP contribution in [0.1, 0.15) is 56.6 Å². The number of benzene rings is 2. The van der Waals surface area contributed by atoms with E-state index in [2.05, 4.69) is 25.1 Å². The lowest BCUT2D eigenvalue weighted by molar-refractivity contribution is -0.133. The van der Waals surface area contributed by atoms with Crippen molar-refractivity contribution in [1.29, 1.82) is 0 Å². The average Bonchev–Trinajstić information content (AvgIpc) is 3.27. The lowest BCUT2D eigenvalue weighted by Crippen LogP contribution is -2.53. The molecule has 0 unspecified atom stereocenters. The molecular weight excluding hydrogens is 444 g/mol. The van der Waals surface area contributed by atoms with Gasteiger partial charge in [0, 0.05) is 0 Å². The van der Waals surface area contributed by atoms with Gasteiger partial charge in [-0.3, -0.25) is 4.79 Å². The summed E-state index contributed by atoms with van der Waals surface area (Å²) < 4.78 is 33.6. The zero-order valence-electron chi connectivity index (χ0n) is 20.1. The van der Waals surface area contributed by atoms with Crippen molar-refractivity contribution in [3.63, 3.8) is 0 Å². The van der Waals surface area contributed by atoms with E-state index in [1.165, 1.54) is 11.1 Å². The minimum absolute atomic E-state index is 0.00507. The second kappa shape index (κ2) is 7.07. The molecule has 0 aliphatic heterocycles. The summed E-state index contributed by atoms with van der Waals surface area (Å²) in [4.78, 5) is 13.8. The highest BCUT2D eigenvalue weighted by molar-refractivity contribution is 7.92. The molecule has 4 aliphatic carbocycles. The van der Waals surface area contributed by atoms with Gasteiger partial charge < -0.3 is 4.74 Å². The number of hydrogen-bond donors (Lipinski definition) is 0. The highest BCUT2D eigenvalue weighted by atomic mass is 32.2. The van der Waals surface area contributed by atoms with E-state index in [4.69, 9.17) is 4.74 Å². The number of methoxy groups -OCH3 is 1. The van der Waals surface area contributed by atoms with Crippen LogP contribution in [0.25, 0.3) is 0 Å². The molecule has 0 heterocycles. The van der Waals surface area contributed by atoms with E-state index in [0.29, 0.717) is 23.2 Å². The minimum atomic E-state index is -3.67. The number of fused-ring (bicyclic) bond motifs is 3. The third-order valence-electron chi connectivity index (χ3n) is 10.2. The summed E-state index contributed by atoms with van der Waals surface area (Å²) in [6.07, 6.45) is 8.64. The van der Waals surface area contributed by atoms with Crippen molar-refractivity contribution in [2.45, 2.75) is 62.0 Å². The van der Waals surface area contributed by atoms with Gasteiger partial charge in [0.15, 0.2) is 9.84 Å². The van der Waals surface area contributed by atoms with Gasteiger partial charge in [0.2, 0.25) is 0 Å². The van der Waals surface area contributed by atoms with E-state index in [0.717, 1.165) is 31.4 Å². The molecule has 0 N–H and O–H groups in total. The summed E-state index contributed by atoms with van der Waals surface area (Å²) in [5.41, 5.74) is 1.10. The molecular formula is C29H32O4S. The Morgan fingerprint density at radius 2 is 1.82 bits per heavy atom. The fraction of sp³-hybridized carbons (Fsp3) is 0.483. The second-order valence-corrected chi connectivity index (χ2v) is 13.2. The first-order valence-corrected chi connectivity index (χ1v) is 13.9. The maximum atomic E-state index is 14.0. The van der Waals surface area contributed by atoms with Gasteiger partial charge in [0.1, 0.15) is 11.5 Å². The van der Waals surface area contributed by atoms with Crippen LogP contribution in [0.3, 0.4) is 0 Å². The highest BCUT2D eigenvalue weighted by Crippen LogP contribution is 2.79. The zero-order valence-corrected chi connectivity index (χ0v) is 20.9. The van der Waals surface area contributed by atoms with E-state index >= 15 is 0 Å². The second-order valence-electron chi connectivity index (χ2n) is 11.0. The van der Waals surface area contributed by atoms with Crippen molar-refractivity contribution in [2.75, 3.05) is 7.11 Å². The molecule has 0 amide bonds. The van der Waals surface area contributed by atoms with Crippen LogP contribution >= 0.6 is 0 Å². The number of hydrogen-bond acceptors (Lipinski definition) is 4. The third-order valence-corrected chi connectivity index (χ3v) is 12.4. The third kappa shape index (κ3) is 2.44. The average molecular weight is 477 g/mol.